The molecule has 0 aliphatic carbocycles. The molecule has 1 aliphatic heterocycles. The third kappa shape index (κ3) is 4.50. The molecule has 0 aromatic heterocycles. The van der Waals surface area contributed by atoms with Gasteiger partial charge in [-0.05, 0) is 12.1 Å². The smallest absolute Gasteiger partial charge is 0.327 e. The first kappa shape index (κ1) is 19.7. The molecule has 136 valence electrons. The van der Waals surface area contributed by atoms with Gasteiger partial charge in [0.05, 0.1) is 11.3 Å². The van der Waals surface area contributed by atoms with Gasteiger partial charge >= 0.3 is 5.97 Å². The second-order valence-electron chi connectivity index (χ2n) is 5.21. The van der Waals surface area contributed by atoms with Crippen molar-refractivity contribution in [2.45, 2.75) is 12.5 Å². The summed E-state index contributed by atoms with van der Waals surface area (Å²) in [6, 6.07) is 5.62. The zero-order valence-electron chi connectivity index (χ0n) is 13.6. The number of thiocarbonyl (C=S) groups is 1. The number of hydrogen-bond acceptors (Lipinski definition) is 6. The van der Waals surface area contributed by atoms with E-state index in [1.807, 2.05) is 0 Å². The van der Waals surface area contributed by atoms with Gasteiger partial charge in [-0.25, -0.2) is 4.79 Å². The van der Waals surface area contributed by atoms with Crippen molar-refractivity contribution in [3.8, 4) is 5.75 Å². The van der Waals surface area contributed by atoms with E-state index in [0.717, 1.165) is 16.7 Å². The average Bonchev–Trinajstić information content (AvgIpc) is 2.85. The van der Waals surface area contributed by atoms with Gasteiger partial charge in [-0.3, -0.25) is 14.5 Å². The molecule has 1 aromatic carbocycles. The number of primary amides is 1. The Morgan fingerprint density at radius 3 is 2.73 bits per heavy atom. The van der Waals surface area contributed by atoms with Crippen LogP contribution in [-0.4, -0.2) is 44.8 Å². The second kappa shape index (κ2) is 8.63. The molecule has 0 radical (unpaired) electrons. The van der Waals surface area contributed by atoms with Crippen LogP contribution in [0.4, 0.5) is 0 Å². The van der Waals surface area contributed by atoms with Crippen molar-refractivity contribution in [2.75, 3.05) is 6.61 Å². The second-order valence-corrected chi connectivity index (χ2v) is 6.89. The van der Waals surface area contributed by atoms with Crippen LogP contribution in [-0.2, 0) is 14.4 Å². The number of ether oxygens (including phenoxy) is 1. The molecule has 0 bridgehead atoms. The summed E-state index contributed by atoms with van der Waals surface area (Å²) in [6.45, 7) is 3.88. The Bertz CT molecular complexity index is 806. The lowest BCUT2D eigenvalue weighted by atomic mass is 10.1. The molecule has 1 saturated heterocycles. The standard InChI is InChI=1S/C17H16N2O5S2/c1-2-7-24-12-6-4-3-5-10(12)8-13-15(21)19(17(25)26-13)11(16(22)23)9-14(18)20/h2-6,8,11H,1,7,9H2,(H2,18,20)(H,22,23)/b13-8-. The van der Waals surface area contributed by atoms with Crippen molar-refractivity contribution in [3.63, 3.8) is 0 Å². The van der Waals surface area contributed by atoms with E-state index in [2.05, 4.69) is 6.58 Å². The molecule has 1 aliphatic rings. The highest BCUT2D eigenvalue weighted by molar-refractivity contribution is 8.26. The summed E-state index contributed by atoms with van der Waals surface area (Å²) in [6.07, 6.45) is 2.65. The molecule has 9 heteroatoms. The maximum Gasteiger partial charge on any atom is 0.327 e. The van der Waals surface area contributed by atoms with Crippen LogP contribution in [0.2, 0.25) is 0 Å². The van der Waals surface area contributed by atoms with E-state index in [9.17, 15) is 19.5 Å². The van der Waals surface area contributed by atoms with Crippen molar-refractivity contribution in [3.05, 3.63) is 47.4 Å². The molecular formula is C17H16N2O5S2. The van der Waals surface area contributed by atoms with Crippen molar-refractivity contribution in [1.82, 2.24) is 4.90 Å². The minimum absolute atomic E-state index is 0.0550. The number of carbonyl (C=O) groups excluding carboxylic acids is 2. The van der Waals surface area contributed by atoms with Gasteiger partial charge in [0, 0.05) is 5.56 Å². The van der Waals surface area contributed by atoms with Crippen LogP contribution in [0, 0.1) is 0 Å². The van der Waals surface area contributed by atoms with Gasteiger partial charge in [0.15, 0.2) is 0 Å². The number of aliphatic carboxylic acids is 1. The maximum atomic E-state index is 12.6. The number of hydrogen-bond donors (Lipinski definition) is 2. The number of amides is 2. The number of nitrogens with zero attached hydrogens (tertiary/aromatic N) is 1. The molecule has 3 N–H and O–H groups in total. The Hall–Kier alpha value is -2.65. The van der Waals surface area contributed by atoms with Crippen LogP contribution in [0.3, 0.4) is 0 Å². The molecule has 1 fully saturated rings. The van der Waals surface area contributed by atoms with Crippen LogP contribution < -0.4 is 10.5 Å². The number of carboxylic acid groups (broad SMARTS) is 1. The Labute approximate surface area is 159 Å². The lowest BCUT2D eigenvalue weighted by Gasteiger charge is -2.21. The van der Waals surface area contributed by atoms with Crippen molar-refractivity contribution in [2.24, 2.45) is 5.73 Å². The number of nitrogens with two attached hydrogens (primary N) is 1. The Balaban J connectivity index is 2.33. The Kier molecular flexibility index (Phi) is 6.53. The molecule has 1 unspecified atom stereocenters. The van der Waals surface area contributed by atoms with Gasteiger partial charge < -0.3 is 15.6 Å². The van der Waals surface area contributed by atoms with Gasteiger partial charge in [-0.1, -0.05) is 54.8 Å². The van der Waals surface area contributed by atoms with E-state index in [0.29, 0.717) is 17.9 Å². The highest BCUT2D eigenvalue weighted by Gasteiger charge is 2.41. The molecule has 1 atom stereocenters. The van der Waals surface area contributed by atoms with Crippen molar-refractivity contribution < 1.29 is 24.2 Å². The van der Waals surface area contributed by atoms with Crippen LogP contribution in [0.5, 0.6) is 5.75 Å². The topological polar surface area (TPSA) is 110 Å². The van der Waals surface area contributed by atoms with E-state index in [1.54, 1.807) is 36.4 Å². The van der Waals surface area contributed by atoms with Crippen LogP contribution in [0.25, 0.3) is 6.08 Å². The van der Waals surface area contributed by atoms with Crippen LogP contribution in [0.15, 0.2) is 41.8 Å². The first-order valence-electron chi connectivity index (χ1n) is 7.46. The fourth-order valence-corrected chi connectivity index (χ4v) is 3.60. The number of carbonyl (C=O) groups is 3. The maximum absolute atomic E-state index is 12.6. The van der Waals surface area contributed by atoms with E-state index in [1.165, 1.54) is 0 Å². The summed E-state index contributed by atoms with van der Waals surface area (Å²) < 4.78 is 5.59. The minimum Gasteiger partial charge on any atom is -0.489 e. The predicted octanol–water partition coefficient (Wildman–Crippen LogP) is 1.78. The fourth-order valence-electron chi connectivity index (χ4n) is 2.25. The zero-order valence-corrected chi connectivity index (χ0v) is 15.2. The van der Waals surface area contributed by atoms with Crippen molar-refractivity contribution in [1.29, 1.82) is 0 Å². The lowest BCUT2D eigenvalue weighted by molar-refractivity contribution is -0.146. The predicted molar refractivity (Wildman–Crippen MR) is 102 cm³/mol. The molecule has 1 aromatic rings. The van der Waals surface area contributed by atoms with E-state index in [4.69, 9.17) is 22.7 Å². The van der Waals surface area contributed by atoms with Crippen LogP contribution in [0.1, 0.15) is 12.0 Å². The van der Waals surface area contributed by atoms with E-state index < -0.39 is 30.2 Å². The lowest BCUT2D eigenvalue weighted by Crippen LogP contribution is -2.46. The first-order valence-corrected chi connectivity index (χ1v) is 8.68. The molecule has 1 heterocycles. The van der Waals surface area contributed by atoms with Gasteiger partial charge in [-0.2, -0.15) is 0 Å². The molecule has 0 spiro atoms. The Morgan fingerprint density at radius 1 is 1.42 bits per heavy atom. The van der Waals surface area contributed by atoms with Gasteiger partial charge in [0.2, 0.25) is 5.91 Å². The number of rotatable bonds is 8. The Morgan fingerprint density at radius 2 is 2.12 bits per heavy atom. The van der Waals surface area contributed by atoms with E-state index >= 15 is 0 Å². The summed E-state index contributed by atoms with van der Waals surface area (Å²) in [4.78, 5) is 36.4. The molecule has 26 heavy (non-hydrogen) atoms. The molecule has 7 nitrogen and oxygen atoms in total. The third-order valence-corrected chi connectivity index (χ3v) is 4.71. The van der Waals surface area contributed by atoms with E-state index in [-0.39, 0.29) is 9.23 Å². The quantitative estimate of drug-likeness (QED) is 0.394. The van der Waals surface area contributed by atoms with Gasteiger partial charge in [-0.15, -0.1) is 0 Å². The highest BCUT2D eigenvalue weighted by atomic mass is 32.2. The number of carboxylic acids is 1. The third-order valence-electron chi connectivity index (χ3n) is 3.38. The molecule has 2 rings (SSSR count). The average molecular weight is 392 g/mol. The summed E-state index contributed by atoms with van der Waals surface area (Å²) in [5.41, 5.74) is 5.72. The number of benzene rings is 1. The van der Waals surface area contributed by atoms with Crippen molar-refractivity contribution >= 4 is 52.2 Å². The monoisotopic (exact) mass is 392 g/mol. The summed E-state index contributed by atoms with van der Waals surface area (Å²) in [5.74, 6) is -2.23. The summed E-state index contributed by atoms with van der Waals surface area (Å²) in [7, 11) is 0. The largest absolute Gasteiger partial charge is 0.489 e. The normalized spacial score (nSPS) is 16.6. The minimum atomic E-state index is -1.43. The zero-order chi connectivity index (χ0) is 19.3. The summed E-state index contributed by atoms with van der Waals surface area (Å²) in [5, 5.41) is 9.32. The SMILES string of the molecule is C=CCOc1ccccc1/C=C1\SC(=S)N(C(CC(N)=O)C(=O)O)C1=O. The number of thioether (sulfide) groups is 1. The summed E-state index contributed by atoms with van der Waals surface area (Å²) >= 11 is 6.09. The molecular weight excluding hydrogens is 376 g/mol. The van der Waals surface area contributed by atoms with Gasteiger partial charge in [0.1, 0.15) is 22.7 Å². The highest BCUT2D eigenvalue weighted by Crippen LogP contribution is 2.36. The number of para-hydroxylation sites is 1. The fraction of sp³-hybridized carbons (Fsp3) is 0.176. The van der Waals surface area contributed by atoms with Gasteiger partial charge in [0.25, 0.3) is 5.91 Å². The van der Waals surface area contributed by atoms with Crippen LogP contribution >= 0.6 is 24.0 Å². The first-order chi connectivity index (χ1) is 12.3. The molecule has 2 amide bonds. The molecule has 0 saturated carbocycles.